The molecule has 3 aromatic rings. The molecular weight excluding hydrogens is 342 g/mol. The lowest BCUT2D eigenvalue weighted by Crippen LogP contribution is -2.42. The first-order chi connectivity index (χ1) is 13.7. The Morgan fingerprint density at radius 1 is 0.750 bits per heavy atom. The molecule has 2 heteroatoms. The molecule has 0 fully saturated rings. The second-order valence-electron chi connectivity index (χ2n) is 7.86. The zero-order chi connectivity index (χ0) is 19.2. The average Bonchev–Trinajstić information content (AvgIpc) is 3.25. The van der Waals surface area contributed by atoms with Crippen LogP contribution in [0.4, 0.5) is 0 Å². The minimum atomic E-state index is -1.12. The summed E-state index contributed by atoms with van der Waals surface area (Å²) in [7, 11) is 0. The van der Waals surface area contributed by atoms with E-state index in [9.17, 15) is 5.11 Å². The first-order valence-corrected chi connectivity index (χ1v) is 9.84. The normalized spacial score (nSPS) is 30.9. The van der Waals surface area contributed by atoms with Gasteiger partial charge in [-0.3, -0.25) is 4.99 Å². The predicted molar refractivity (Wildman–Crippen MR) is 114 cm³/mol. The van der Waals surface area contributed by atoms with Gasteiger partial charge in [0.05, 0.1) is 0 Å². The van der Waals surface area contributed by atoms with E-state index in [1.165, 1.54) is 0 Å². The molecule has 4 atom stereocenters. The minimum Gasteiger partial charge on any atom is -0.380 e. The molecule has 2 nitrogen and oxygen atoms in total. The molecule has 28 heavy (non-hydrogen) atoms. The fourth-order valence-electron chi connectivity index (χ4n) is 5.12. The number of fused-ring (bicyclic) bond motifs is 1. The molecule has 0 bridgehead atoms. The van der Waals surface area contributed by atoms with E-state index in [1.807, 2.05) is 60.8 Å². The molecule has 1 aliphatic heterocycles. The van der Waals surface area contributed by atoms with E-state index in [2.05, 4.69) is 49.4 Å². The van der Waals surface area contributed by atoms with Crippen LogP contribution in [0.1, 0.15) is 23.6 Å². The summed E-state index contributed by atoms with van der Waals surface area (Å²) >= 11 is 0. The SMILES string of the molecule is CC1C=NC2(c3ccccc3)C=C(c3ccccc3)C(O)(c3ccccc3)C12. The fraction of sp³-hybridized carbons (Fsp3) is 0.192. The number of aliphatic hydroxyl groups is 1. The Bertz CT molecular complexity index is 1040. The molecule has 0 saturated carbocycles. The summed E-state index contributed by atoms with van der Waals surface area (Å²) in [6.45, 7) is 2.16. The van der Waals surface area contributed by atoms with Crippen molar-refractivity contribution in [1.29, 1.82) is 0 Å². The summed E-state index contributed by atoms with van der Waals surface area (Å²) in [5.41, 5.74) is 2.36. The third-order valence-electron chi connectivity index (χ3n) is 6.28. The highest BCUT2D eigenvalue weighted by Crippen LogP contribution is 2.62. The molecule has 1 heterocycles. The van der Waals surface area contributed by atoms with Crippen LogP contribution < -0.4 is 0 Å². The van der Waals surface area contributed by atoms with Crippen molar-refractivity contribution in [3.63, 3.8) is 0 Å². The highest BCUT2D eigenvalue weighted by atomic mass is 16.3. The molecule has 5 rings (SSSR count). The van der Waals surface area contributed by atoms with E-state index in [0.717, 1.165) is 22.3 Å². The summed E-state index contributed by atoms with van der Waals surface area (Å²) in [5.74, 6) is 0.0443. The Morgan fingerprint density at radius 2 is 1.29 bits per heavy atom. The Morgan fingerprint density at radius 3 is 1.89 bits per heavy atom. The van der Waals surface area contributed by atoms with Crippen LogP contribution >= 0.6 is 0 Å². The van der Waals surface area contributed by atoms with Crippen LogP contribution in [0, 0.1) is 11.8 Å². The lowest BCUT2D eigenvalue weighted by atomic mass is 9.68. The zero-order valence-electron chi connectivity index (χ0n) is 15.9. The molecule has 0 saturated heterocycles. The van der Waals surface area contributed by atoms with Gasteiger partial charge in [0, 0.05) is 18.1 Å². The first-order valence-electron chi connectivity index (χ1n) is 9.84. The highest BCUT2D eigenvalue weighted by molar-refractivity contribution is 5.83. The maximum atomic E-state index is 12.4. The summed E-state index contributed by atoms with van der Waals surface area (Å²) in [6, 6.07) is 30.6. The maximum absolute atomic E-state index is 12.4. The smallest absolute Gasteiger partial charge is 0.121 e. The Balaban J connectivity index is 1.81. The van der Waals surface area contributed by atoms with Gasteiger partial charge in [0.1, 0.15) is 11.1 Å². The van der Waals surface area contributed by atoms with Crippen molar-refractivity contribution in [3.8, 4) is 0 Å². The van der Waals surface area contributed by atoms with Gasteiger partial charge in [0.2, 0.25) is 0 Å². The summed E-state index contributed by atoms with van der Waals surface area (Å²) in [4.78, 5) is 5.02. The Kier molecular flexibility index (Phi) is 3.85. The quantitative estimate of drug-likeness (QED) is 0.679. The van der Waals surface area contributed by atoms with Gasteiger partial charge >= 0.3 is 0 Å². The molecule has 0 spiro atoms. The van der Waals surface area contributed by atoms with Gasteiger partial charge < -0.3 is 5.11 Å². The molecule has 0 radical (unpaired) electrons. The third kappa shape index (κ3) is 2.28. The van der Waals surface area contributed by atoms with Crippen molar-refractivity contribution in [2.45, 2.75) is 18.1 Å². The number of rotatable bonds is 3. The van der Waals surface area contributed by atoms with Crippen LogP contribution in [0.3, 0.4) is 0 Å². The topological polar surface area (TPSA) is 32.6 Å². The first kappa shape index (κ1) is 17.2. The van der Waals surface area contributed by atoms with Gasteiger partial charge in [-0.2, -0.15) is 0 Å². The average molecular weight is 365 g/mol. The Labute approximate surface area is 165 Å². The Hall–Kier alpha value is -2.97. The lowest BCUT2D eigenvalue weighted by Gasteiger charge is -2.39. The molecule has 4 unspecified atom stereocenters. The van der Waals surface area contributed by atoms with Crippen molar-refractivity contribution in [3.05, 3.63) is 114 Å². The molecule has 1 aliphatic carbocycles. The molecule has 2 aliphatic rings. The van der Waals surface area contributed by atoms with Crippen LogP contribution in [0.15, 0.2) is 102 Å². The number of hydrogen-bond acceptors (Lipinski definition) is 2. The van der Waals surface area contributed by atoms with E-state index in [4.69, 9.17) is 4.99 Å². The van der Waals surface area contributed by atoms with Gasteiger partial charge in [0.25, 0.3) is 0 Å². The number of nitrogens with zero attached hydrogens (tertiary/aromatic N) is 1. The van der Waals surface area contributed by atoms with Crippen LogP contribution in [0.25, 0.3) is 5.57 Å². The number of hydrogen-bond donors (Lipinski definition) is 1. The van der Waals surface area contributed by atoms with Crippen molar-refractivity contribution >= 4 is 11.8 Å². The van der Waals surface area contributed by atoms with Gasteiger partial charge in [0.15, 0.2) is 0 Å². The van der Waals surface area contributed by atoms with Crippen LogP contribution in [-0.4, -0.2) is 11.3 Å². The fourth-order valence-corrected chi connectivity index (χ4v) is 5.12. The molecule has 3 aromatic carbocycles. The highest BCUT2D eigenvalue weighted by Gasteiger charge is 2.62. The van der Waals surface area contributed by atoms with E-state index < -0.39 is 11.1 Å². The molecule has 1 N–H and O–H groups in total. The monoisotopic (exact) mass is 365 g/mol. The number of benzene rings is 3. The maximum Gasteiger partial charge on any atom is 0.121 e. The van der Waals surface area contributed by atoms with Crippen LogP contribution in [0.5, 0.6) is 0 Å². The van der Waals surface area contributed by atoms with E-state index in [1.54, 1.807) is 0 Å². The molecular formula is C26H23NO. The summed E-state index contributed by atoms with van der Waals surface area (Å²) in [5, 5.41) is 12.4. The molecule has 0 amide bonds. The molecule has 0 aromatic heterocycles. The van der Waals surface area contributed by atoms with Crippen molar-refractivity contribution in [2.24, 2.45) is 16.8 Å². The summed E-state index contributed by atoms with van der Waals surface area (Å²) in [6.07, 6.45) is 4.22. The largest absolute Gasteiger partial charge is 0.380 e. The zero-order valence-corrected chi connectivity index (χ0v) is 15.9. The summed E-state index contributed by atoms with van der Waals surface area (Å²) < 4.78 is 0. The van der Waals surface area contributed by atoms with Gasteiger partial charge in [-0.05, 0) is 28.3 Å². The van der Waals surface area contributed by atoms with Crippen molar-refractivity contribution in [1.82, 2.24) is 0 Å². The van der Waals surface area contributed by atoms with Crippen LogP contribution in [0.2, 0.25) is 0 Å². The van der Waals surface area contributed by atoms with Gasteiger partial charge in [-0.1, -0.05) is 97.9 Å². The minimum absolute atomic E-state index is 0.0972. The number of aliphatic imine (C=N–C) groups is 1. The van der Waals surface area contributed by atoms with Gasteiger partial charge in [-0.15, -0.1) is 0 Å². The second-order valence-corrected chi connectivity index (χ2v) is 7.86. The predicted octanol–water partition coefficient (Wildman–Crippen LogP) is 5.20. The standard InChI is InChI=1S/C26H23NO/c1-19-18-27-25(21-13-7-3-8-14-21)17-23(20-11-5-2-6-12-20)26(28,24(19)25)22-15-9-4-10-16-22/h2-19,24,28H,1H3. The van der Waals surface area contributed by atoms with E-state index in [0.29, 0.717) is 0 Å². The van der Waals surface area contributed by atoms with E-state index in [-0.39, 0.29) is 11.8 Å². The van der Waals surface area contributed by atoms with Crippen LogP contribution in [-0.2, 0) is 11.1 Å². The van der Waals surface area contributed by atoms with Gasteiger partial charge in [-0.25, -0.2) is 0 Å². The third-order valence-corrected chi connectivity index (χ3v) is 6.28. The van der Waals surface area contributed by atoms with Crippen molar-refractivity contribution in [2.75, 3.05) is 0 Å². The lowest BCUT2D eigenvalue weighted by molar-refractivity contribution is 0.0121. The second kappa shape index (κ2) is 6.29. The molecule has 138 valence electrons. The van der Waals surface area contributed by atoms with E-state index >= 15 is 0 Å². The van der Waals surface area contributed by atoms with Crippen molar-refractivity contribution < 1.29 is 5.11 Å².